The van der Waals surface area contributed by atoms with Crippen molar-refractivity contribution in [1.82, 2.24) is 4.98 Å². The lowest BCUT2D eigenvalue weighted by molar-refractivity contribution is 0.0975. The lowest BCUT2D eigenvalue weighted by Crippen LogP contribution is -2.43. The minimum Gasteiger partial charge on any atom is -0.497 e. The summed E-state index contributed by atoms with van der Waals surface area (Å²) in [4.78, 5) is 19.9. The Morgan fingerprint density at radius 3 is 2.58 bits per heavy atom. The highest BCUT2D eigenvalue weighted by atomic mass is 35.5. The van der Waals surface area contributed by atoms with E-state index in [1.807, 2.05) is 79.7 Å². The molecule has 1 amide bonds. The maximum atomic E-state index is 13.6. The van der Waals surface area contributed by atoms with Gasteiger partial charge >= 0.3 is 0 Å². The Morgan fingerprint density at radius 1 is 1.03 bits per heavy atom. The highest BCUT2D eigenvalue weighted by molar-refractivity contribution is 6.31. The topological polar surface area (TPSA) is 54.5 Å². The molecule has 0 spiro atoms. The van der Waals surface area contributed by atoms with Gasteiger partial charge in [-0.15, -0.1) is 0 Å². The third-order valence-electron chi connectivity index (χ3n) is 5.54. The van der Waals surface area contributed by atoms with Crippen LogP contribution >= 0.6 is 11.6 Å². The second kappa shape index (κ2) is 7.60. The molecule has 0 saturated carbocycles. The predicted molar refractivity (Wildman–Crippen MR) is 124 cm³/mol. The van der Waals surface area contributed by atoms with Crippen LogP contribution in [0, 0.1) is 6.92 Å². The number of para-hydroxylation sites is 1. The predicted octanol–water partition coefficient (Wildman–Crippen LogP) is 5.98. The van der Waals surface area contributed by atoms with Gasteiger partial charge in [0.2, 0.25) is 0 Å². The fourth-order valence-electron chi connectivity index (χ4n) is 3.91. The van der Waals surface area contributed by atoms with E-state index in [2.05, 4.69) is 10.3 Å². The molecule has 1 aliphatic rings. The van der Waals surface area contributed by atoms with Crippen LogP contribution in [0.1, 0.15) is 27.7 Å². The number of hydrogen-bond acceptors (Lipinski definition) is 4. The number of rotatable bonds is 3. The van der Waals surface area contributed by atoms with E-state index < -0.39 is 6.17 Å². The number of benzene rings is 3. The quantitative estimate of drug-likeness (QED) is 0.407. The van der Waals surface area contributed by atoms with Gasteiger partial charge in [-0.05, 0) is 55.5 Å². The molecule has 4 aromatic rings. The van der Waals surface area contributed by atoms with E-state index in [1.54, 1.807) is 12.0 Å². The van der Waals surface area contributed by atoms with Crippen molar-refractivity contribution in [3.05, 3.63) is 94.6 Å². The van der Waals surface area contributed by atoms with E-state index in [9.17, 15) is 4.79 Å². The van der Waals surface area contributed by atoms with Crippen molar-refractivity contribution in [2.45, 2.75) is 13.1 Å². The lowest BCUT2D eigenvalue weighted by atomic mass is 10.0. The molecule has 2 heterocycles. The molecule has 0 bridgehead atoms. The van der Waals surface area contributed by atoms with E-state index >= 15 is 0 Å². The molecule has 0 unspecified atom stereocenters. The monoisotopic (exact) mass is 429 g/mol. The molecule has 3 aromatic carbocycles. The average molecular weight is 430 g/mol. The fourth-order valence-corrected chi connectivity index (χ4v) is 4.16. The van der Waals surface area contributed by atoms with Gasteiger partial charge in [-0.25, -0.2) is 4.98 Å². The minimum atomic E-state index is -0.513. The molecule has 31 heavy (non-hydrogen) atoms. The summed E-state index contributed by atoms with van der Waals surface area (Å²) in [7, 11) is 1.63. The molecule has 154 valence electrons. The van der Waals surface area contributed by atoms with Gasteiger partial charge in [-0.2, -0.15) is 0 Å². The van der Waals surface area contributed by atoms with Crippen molar-refractivity contribution in [1.29, 1.82) is 0 Å². The Kier molecular flexibility index (Phi) is 4.75. The van der Waals surface area contributed by atoms with Gasteiger partial charge in [-0.3, -0.25) is 9.69 Å². The van der Waals surface area contributed by atoms with Crippen molar-refractivity contribution < 1.29 is 9.53 Å². The molecule has 1 N–H and O–H groups in total. The number of fused-ring (bicyclic) bond motifs is 2. The van der Waals surface area contributed by atoms with Gasteiger partial charge in [0.25, 0.3) is 5.91 Å². The number of ether oxygens (including phenoxy) is 1. The molecular weight excluding hydrogens is 410 g/mol. The SMILES string of the molecule is COc1ccc2nc(Cl)c([C@H]3Nc4ccccc4C(=O)N3c3ccc(C)cc3)cc2c1. The van der Waals surface area contributed by atoms with Crippen LogP contribution in [0.5, 0.6) is 5.75 Å². The number of nitrogens with one attached hydrogen (secondary N) is 1. The number of pyridine rings is 1. The zero-order valence-corrected chi connectivity index (χ0v) is 17.9. The second-order valence-electron chi connectivity index (χ2n) is 7.53. The summed E-state index contributed by atoms with van der Waals surface area (Å²) in [5.74, 6) is 0.640. The number of hydrogen-bond donors (Lipinski definition) is 1. The third kappa shape index (κ3) is 3.37. The van der Waals surface area contributed by atoms with Gasteiger partial charge < -0.3 is 10.1 Å². The molecule has 5 rings (SSSR count). The Balaban J connectivity index is 1.70. The van der Waals surface area contributed by atoms with Crippen LogP contribution in [0.2, 0.25) is 5.15 Å². The van der Waals surface area contributed by atoms with Gasteiger partial charge in [0.15, 0.2) is 0 Å². The zero-order valence-electron chi connectivity index (χ0n) is 17.1. The maximum Gasteiger partial charge on any atom is 0.262 e. The summed E-state index contributed by atoms with van der Waals surface area (Å²) in [6.45, 7) is 2.02. The van der Waals surface area contributed by atoms with E-state index in [0.29, 0.717) is 16.3 Å². The largest absolute Gasteiger partial charge is 0.497 e. The van der Waals surface area contributed by atoms with Crippen LogP contribution in [0.3, 0.4) is 0 Å². The summed E-state index contributed by atoms with van der Waals surface area (Å²) in [6.07, 6.45) is -0.513. The highest BCUT2D eigenvalue weighted by Gasteiger charge is 2.35. The van der Waals surface area contributed by atoms with Crippen LogP contribution in [-0.2, 0) is 0 Å². The van der Waals surface area contributed by atoms with Crippen molar-refractivity contribution >= 4 is 39.8 Å². The highest BCUT2D eigenvalue weighted by Crippen LogP contribution is 2.39. The van der Waals surface area contributed by atoms with Gasteiger partial charge in [0, 0.05) is 22.3 Å². The summed E-state index contributed by atoms with van der Waals surface area (Å²) in [5, 5.41) is 4.72. The van der Waals surface area contributed by atoms with E-state index in [1.165, 1.54) is 0 Å². The number of carbonyl (C=O) groups excluding carboxylic acids is 1. The second-order valence-corrected chi connectivity index (χ2v) is 7.89. The van der Waals surface area contributed by atoms with Gasteiger partial charge in [0.1, 0.15) is 17.1 Å². The molecule has 0 radical (unpaired) electrons. The Morgan fingerprint density at radius 2 is 1.81 bits per heavy atom. The fraction of sp³-hybridized carbons (Fsp3) is 0.120. The summed E-state index contributed by atoms with van der Waals surface area (Å²) in [5.41, 5.74) is 4.76. The Hall–Kier alpha value is -3.57. The minimum absolute atomic E-state index is 0.0926. The number of halogens is 1. The summed E-state index contributed by atoms with van der Waals surface area (Å²) in [6, 6.07) is 23.0. The summed E-state index contributed by atoms with van der Waals surface area (Å²) >= 11 is 6.64. The lowest BCUT2D eigenvalue weighted by Gasteiger charge is -2.38. The van der Waals surface area contributed by atoms with Crippen molar-refractivity contribution in [2.24, 2.45) is 0 Å². The van der Waals surface area contributed by atoms with Crippen LogP contribution in [0.15, 0.2) is 72.8 Å². The number of aryl methyl sites for hydroxylation is 1. The van der Waals surface area contributed by atoms with Gasteiger partial charge in [-0.1, -0.05) is 41.4 Å². The van der Waals surface area contributed by atoms with Crippen molar-refractivity contribution in [2.75, 3.05) is 17.3 Å². The molecular formula is C25H20ClN3O2. The number of carbonyl (C=O) groups is 1. The van der Waals surface area contributed by atoms with Crippen LogP contribution in [0.4, 0.5) is 11.4 Å². The molecule has 1 aromatic heterocycles. The average Bonchev–Trinajstić information content (AvgIpc) is 2.79. The molecule has 1 aliphatic heterocycles. The van der Waals surface area contributed by atoms with Gasteiger partial charge in [0.05, 0.1) is 18.2 Å². The molecule has 5 nitrogen and oxygen atoms in total. The normalized spacial score (nSPS) is 15.5. The Labute approximate surface area is 185 Å². The first-order valence-electron chi connectivity index (χ1n) is 9.95. The first-order chi connectivity index (χ1) is 15.0. The standard InChI is InChI=1S/C25H20ClN3O2/c1-15-7-9-17(10-8-15)29-24(28-22-6-4-3-5-19(22)25(29)30)20-14-16-13-18(31-2)11-12-21(16)27-23(20)26/h3-14,24,28H,1-2H3/t24-/m0/s1. The van der Waals surface area contributed by atoms with Crippen LogP contribution in [0.25, 0.3) is 10.9 Å². The molecule has 0 fully saturated rings. The Bertz CT molecular complexity index is 1300. The molecule has 0 saturated heterocycles. The third-order valence-corrected chi connectivity index (χ3v) is 5.84. The zero-order chi connectivity index (χ0) is 21.5. The van der Waals surface area contributed by atoms with Crippen molar-refractivity contribution in [3.8, 4) is 5.75 Å². The van der Waals surface area contributed by atoms with Crippen molar-refractivity contribution in [3.63, 3.8) is 0 Å². The molecule has 0 aliphatic carbocycles. The number of nitrogens with zero attached hydrogens (tertiary/aromatic N) is 2. The first-order valence-corrected chi connectivity index (χ1v) is 10.3. The maximum absolute atomic E-state index is 13.6. The van der Waals surface area contributed by atoms with Crippen LogP contribution < -0.4 is 15.0 Å². The van der Waals surface area contributed by atoms with E-state index in [0.717, 1.165) is 33.6 Å². The number of methoxy groups -OCH3 is 1. The number of amides is 1. The molecule has 6 heteroatoms. The van der Waals surface area contributed by atoms with E-state index in [4.69, 9.17) is 16.3 Å². The first kappa shape index (κ1) is 19.4. The number of anilines is 2. The summed E-state index contributed by atoms with van der Waals surface area (Å²) < 4.78 is 5.36. The molecule has 1 atom stereocenters. The number of aromatic nitrogens is 1. The van der Waals surface area contributed by atoms with Crippen LogP contribution in [-0.4, -0.2) is 18.0 Å². The van der Waals surface area contributed by atoms with E-state index in [-0.39, 0.29) is 5.91 Å². The smallest absolute Gasteiger partial charge is 0.262 e.